The Balaban J connectivity index is 1.64. The third kappa shape index (κ3) is 4.23. The molecule has 0 saturated heterocycles. The summed E-state index contributed by atoms with van der Waals surface area (Å²) in [6.45, 7) is 2.10. The van der Waals surface area contributed by atoms with E-state index in [0.717, 1.165) is 67.7 Å². The van der Waals surface area contributed by atoms with Gasteiger partial charge in [0.2, 0.25) is 0 Å². The number of hydrogen-bond donors (Lipinski definition) is 1. The highest BCUT2D eigenvalue weighted by Gasteiger charge is 2.22. The number of allylic oxidation sites excluding steroid dienone is 1. The van der Waals surface area contributed by atoms with Gasteiger partial charge in [-0.3, -0.25) is 0 Å². The van der Waals surface area contributed by atoms with Crippen molar-refractivity contribution in [2.24, 2.45) is 4.99 Å². The number of ether oxygens (including phenoxy) is 2. The van der Waals surface area contributed by atoms with Crippen LogP contribution in [-0.2, 0) is 0 Å². The predicted octanol–water partition coefficient (Wildman–Crippen LogP) is 7.00. The van der Waals surface area contributed by atoms with E-state index >= 15 is 0 Å². The normalized spacial score (nSPS) is 13.5. The van der Waals surface area contributed by atoms with Crippen molar-refractivity contribution in [2.45, 2.75) is 6.92 Å². The van der Waals surface area contributed by atoms with E-state index in [1.807, 2.05) is 66.7 Å². The summed E-state index contributed by atoms with van der Waals surface area (Å²) in [6, 6.07) is 24.3. The van der Waals surface area contributed by atoms with Crippen molar-refractivity contribution in [1.82, 2.24) is 4.98 Å². The second-order valence-electron chi connectivity index (χ2n) is 8.44. The number of aromatic amines is 1. The molecule has 4 heteroatoms. The number of methoxy groups -OCH3 is 2. The predicted molar refractivity (Wildman–Crippen MR) is 148 cm³/mol. The van der Waals surface area contributed by atoms with Gasteiger partial charge in [0.1, 0.15) is 11.5 Å². The SMILES string of the molecule is C#C/C=C\c1c(C=C2N=C(c3ccc(OC)cc3)c3ccccc32)[nH]c(-c2ccc(OC)cc2)c1C. The van der Waals surface area contributed by atoms with Crippen molar-refractivity contribution in [3.05, 3.63) is 112 Å². The van der Waals surface area contributed by atoms with Crippen LogP contribution in [0.25, 0.3) is 29.1 Å². The Bertz CT molecular complexity index is 1540. The maximum Gasteiger partial charge on any atom is 0.118 e. The number of hydrogen-bond acceptors (Lipinski definition) is 3. The zero-order valence-corrected chi connectivity index (χ0v) is 20.5. The molecule has 0 atom stereocenters. The minimum Gasteiger partial charge on any atom is -0.497 e. The molecule has 0 bridgehead atoms. The molecule has 5 rings (SSSR count). The van der Waals surface area contributed by atoms with Gasteiger partial charge in [0.25, 0.3) is 0 Å². The number of terminal acetylenes is 1. The van der Waals surface area contributed by atoms with Gasteiger partial charge >= 0.3 is 0 Å². The molecular formula is C32H26N2O2. The lowest BCUT2D eigenvalue weighted by Crippen LogP contribution is -2.00. The van der Waals surface area contributed by atoms with Crippen LogP contribution in [0.5, 0.6) is 11.5 Å². The molecule has 176 valence electrons. The average molecular weight is 471 g/mol. The Morgan fingerprint density at radius 3 is 2.06 bits per heavy atom. The summed E-state index contributed by atoms with van der Waals surface area (Å²) in [5, 5.41) is 0. The monoisotopic (exact) mass is 470 g/mol. The first-order valence-electron chi connectivity index (χ1n) is 11.7. The lowest BCUT2D eigenvalue weighted by Gasteiger charge is -2.04. The smallest absolute Gasteiger partial charge is 0.118 e. The lowest BCUT2D eigenvalue weighted by atomic mass is 9.99. The number of nitrogens with one attached hydrogen (secondary N) is 1. The summed E-state index contributed by atoms with van der Waals surface area (Å²) >= 11 is 0. The lowest BCUT2D eigenvalue weighted by molar-refractivity contribution is 0.414. The van der Waals surface area contributed by atoms with Crippen molar-refractivity contribution >= 4 is 23.6 Å². The van der Waals surface area contributed by atoms with E-state index in [-0.39, 0.29) is 0 Å². The highest BCUT2D eigenvalue weighted by Crippen LogP contribution is 2.36. The first-order chi connectivity index (χ1) is 17.6. The van der Waals surface area contributed by atoms with E-state index in [1.54, 1.807) is 20.3 Å². The topological polar surface area (TPSA) is 46.6 Å². The number of nitrogens with zero attached hydrogens (tertiary/aromatic N) is 1. The van der Waals surface area contributed by atoms with Gasteiger partial charge in [0.05, 0.1) is 25.6 Å². The third-order valence-corrected chi connectivity index (χ3v) is 6.39. The van der Waals surface area contributed by atoms with Gasteiger partial charge in [-0.05, 0) is 84.8 Å². The molecule has 1 N–H and O–H groups in total. The largest absolute Gasteiger partial charge is 0.497 e. The van der Waals surface area contributed by atoms with Crippen LogP contribution in [0.2, 0.25) is 0 Å². The van der Waals surface area contributed by atoms with Gasteiger partial charge < -0.3 is 14.5 Å². The van der Waals surface area contributed by atoms with Crippen molar-refractivity contribution in [2.75, 3.05) is 14.2 Å². The Morgan fingerprint density at radius 1 is 0.833 bits per heavy atom. The third-order valence-electron chi connectivity index (χ3n) is 6.39. The molecule has 0 unspecified atom stereocenters. The second kappa shape index (κ2) is 9.85. The zero-order chi connectivity index (χ0) is 25.1. The number of benzene rings is 3. The van der Waals surface area contributed by atoms with Crippen LogP contribution < -0.4 is 9.47 Å². The Hall–Kier alpha value is -4.75. The van der Waals surface area contributed by atoms with Gasteiger partial charge in [-0.15, -0.1) is 6.42 Å². The quantitative estimate of drug-likeness (QED) is 0.308. The van der Waals surface area contributed by atoms with Crippen molar-refractivity contribution in [3.63, 3.8) is 0 Å². The molecule has 1 aromatic heterocycles. The molecule has 0 spiro atoms. The molecule has 4 aromatic rings. The molecule has 0 aliphatic carbocycles. The van der Waals surface area contributed by atoms with Crippen LogP contribution >= 0.6 is 0 Å². The van der Waals surface area contributed by atoms with Crippen molar-refractivity contribution in [1.29, 1.82) is 0 Å². The van der Waals surface area contributed by atoms with Crippen LogP contribution in [0, 0.1) is 19.3 Å². The van der Waals surface area contributed by atoms with E-state index in [9.17, 15) is 0 Å². The summed E-state index contributed by atoms with van der Waals surface area (Å²) in [5.74, 6) is 4.25. The van der Waals surface area contributed by atoms with Crippen molar-refractivity contribution in [3.8, 4) is 35.1 Å². The molecule has 0 fully saturated rings. The van der Waals surface area contributed by atoms with Gasteiger partial charge in [-0.1, -0.05) is 30.2 Å². The molecular weight excluding hydrogens is 444 g/mol. The Morgan fingerprint density at radius 2 is 1.44 bits per heavy atom. The van der Waals surface area contributed by atoms with Gasteiger partial charge in [0, 0.05) is 33.6 Å². The maximum atomic E-state index is 5.55. The molecule has 0 radical (unpaired) electrons. The highest BCUT2D eigenvalue weighted by molar-refractivity contribution is 6.21. The molecule has 1 aliphatic heterocycles. The highest BCUT2D eigenvalue weighted by atomic mass is 16.5. The number of H-pyrrole nitrogens is 1. The summed E-state index contributed by atoms with van der Waals surface area (Å²) in [4.78, 5) is 8.69. The van der Waals surface area contributed by atoms with Crippen LogP contribution in [-0.4, -0.2) is 24.9 Å². The van der Waals surface area contributed by atoms with Gasteiger partial charge in [0.15, 0.2) is 0 Å². The first-order valence-corrected chi connectivity index (χ1v) is 11.7. The van der Waals surface area contributed by atoms with E-state index < -0.39 is 0 Å². The van der Waals surface area contributed by atoms with E-state index in [4.69, 9.17) is 20.9 Å². The van der Waals surface area contributed by atoms with E-state index in [0.29, 0.717) is 0 Å². The minimum absolute atomic E-state index is 0.819. The molecule has 3 aromatic carbocycles. The fourth-order valence-corrected chi connectivity index (χ4v) is 4.51. The van der Waals surface area contributed by atoms with Crippen LogP contribution in [0.4, 0.5) is 0 Å². The average Bonchev–Trinajstić information content (AvgIpc) is 3.45. The minimum atomic E-state index is 0.819. The molecule has 0 saturated carbocycles. The number of aliphatic imine (C=N–C) groups is 1. The van der Waals surface area contributed by atoms with E-state index in [2.05, 4.69) is 36.0 Å². The van der Waals surface area contributed by atoms with Gasteiger partial charge in [-0.2, -0.15) is 0 Å². The molecule has 1 aliphatic rings. The summed E-state index contributed by atoms with van der Waals surface area (Å²) in [5.41, 5.74) is 10.3. The van der Waals surface area contributed by atoms with E-state index in [1.165, 1.54) is 0 Å². The first kappa shape index (κ1) is 23.0. The number of fused-ring (bicyclic) bond motifs is 1. The molecule has 36 heavy (non-hydrogen) atoms. The number of rotatable bonds is 6. The van der Waals surface area contributed by atoms with Crippen LogP contribution in [0.15, 0.2) is 83.9 Å². The fraction of sp³-hybridized carbons (Fsp3) is 0.0938. The zero-order valence-electron chi connectivity index (χ0n) is 20.5. The summed E-state index contributed by atoms with van der Waals surface area (Å²) in [6.07, 6.45) is 11.4. The standard InChI is InChI=1S/C32H26N2O2/c1-5-6-9-26-21(2)31(22-12-16-24(35-3)17-13-22)33-29(26)20-30-27-10-7-8-11-28(27)32(34-30)23-14-18-25(36-4)19-15-23/h1,6-20,33H,2-4H3/b9-6-,30-20?. The molecule has 4 nitrogen and oxygen atoms in total. The van der Waals surface area contributed by atoms with Gasteiger partial charge in [-0.25, -0.2) is 4.99 Å². The van der Waals surface area contributed by atoms with Crippen LogP contribution in [0.1, 0.15) is 33.5 Å². The number of aromatic nitrogens is 1. The van der Waals surface area contributed by atoms with Crippen molar-refractivity contribution < 1.29 is 9.47 Å². The molecule has 2 heterocycles. The fourth-order valence-electron chi connectivity index (χ4n) is 4.51. The Kier molecular flexibility index (Phi) is 6.30. The second-order valence-corrected chi connectivity index (χ2v) is 8.44. The summed E-state index contributed by atoms with van der Waals surface area (Å²) in [7, 11) is 3.34. The Labute approximate surface area is 211 Å². The summed E-state index contributed by atoms with van der Waals surface area (Å²) < 4.78 is 10.7. The van der Waals surface area contributed by atoms with Crippen LogP contribution in [0.3, 0.4) is 0 Å². The maximum absolute atomic E-state index is 5.55. The molecule has 0 amide bonds.